The van der Waals surface area contributed by atoms with E-state index in [4.69, 9.17) is 5.73 Å². The number of carbonyl (C=O) groups excluding carboxylic acids is 1. The second-order valence-corrected chi connectivity index (χ2v) is 3.15. The molecule has 7 heteroatoms. The summed E-state index contributed by atoms with van der Waals surface area (Å²) in [5.74, 6) is -0.894. The van der Waals surface area contributed by atoms with Gasteiger partial charge in [-0.3, -0.25) is 24.0 Å². The lowest BCUT2D eigenvalue weighted by Gasteiger charge is -1.84. The van der Waals surface area contributed by atoms with E-state index >= 15 is 0 Å². The predicted octanol–water partition coefficient (Wildman–Crippen LogP) is -2.42. The van der Waals surface area contributed by atoms with Gasteiger partial charge in [-0.15, -0.1) is 0 Å². The van der Waals surface area contributed by atoms with Crippen molar-refractivity contribution in [3.05, 3.63) is 52.7 Å². The highest BCUT2D eigenvalue weighted by molar-refractivity contribution is 5.96. The highest BCUT2D eigenvalue weighted by atomic mass is 16.2. The molecule has 80 valence electrons. The van der Waals surface area contributed by atoms with Crippen LogP contribution in [0.15, 0.2) is 25.2 Å². The minimum Gasteiger partial charge on any atom is -0.364 e. The zero-order valence-corrected chi connectivity index (χ0v) is 7.70. The van der Waals surface area contributed by atoms with Crippen molar-refractivity contribution in [2.75, 3.05) is 0 Å². The first-order valence-electron chi connectivity index (χ1n) is 4.14. The maximum atomic E-state index is 11.3. The zero-order chi connectivity index (χ0) is 12.0. The molecule has 2 rings (SSSR count). The van der Waals surface area contributed by atoms with E-state index in [1.807, 2.05) is 0 Å². The maximum absolute atomic E-state index is 11.3. The quantitative estimate of drug-likeness (QED) is 0.517. The largest absolute Gasteiger partial charge is 0.364 e. The number of amides is 1. The SMILES string of the molecule is NC(=O)c1cc2c(=O)c(=O)c(=O)c(=O)c2[nH]1. The molecule has 0 radical (unpaired) electrons. The highest BCUT2D eigenvalue weighted by Crippen LogP contribution is 2.04. The normalized spacial score (nSPS) is 10.8. The molecule has 1 aromatic carbocycles. The number of nitrogens with one attached hydrogen (secondary N) is 1. The van der Waals surface area contributed by atoms with Crippen molar-refractivity contribution in [3.63, 3.8) is 0 Å². The number of fused-ring (bicyclic) bond motifs is 1. The van der Waals surface area contributed by atoms with Crippen molar-refractivity contribution in [2.24, 2.45) is 5.73 Å². The van der Waals surface area contributed by atoms with Crippen LogP contribution in [-0.4, -0.2) is 10.9 Å². The molecule has 3 N–H and O–H groups in total. The molecule has 0 fully saturated rings. The first-order valence-corrected chi connectivity index (χ1v) is 4.14. The van der Waals surface area contributed by atoms with E-state index < -0.39 is 27.6 Å². The molecular formula is C9H4N2O5. The number of aromatic amines is 1. The molecule has 0 aliphatic heterocycles. The summed E-state index contributed by atoms with van der Waals surface area (Å²) in [7, 11) is 0. The van der Waals surface area contributed by atoms with Gasteiger partial charge in [0.05, 0.1) is 5.39 Å². The smallest absolute Gasteiger partial charge is 0.279 e. The van der Waals surface area contributed by atoms with Crippen LogP contribution in [0.3, 0.4) is 0 Å². The van der Waals surface area contributed by atoms with E-state index in [-0.39, 0.29) is 16.6 Å². The van der Waals surface area contributed by atoms with Gasteiger partial charge >= 0.3 is 0 Å². The third-order valence-corrected chi connectivity index (χ3v) is 2.17. The Morgan fingerprint density at radius 3 is 2.12 bits per heavy atom. The monoisotopic (exact) mass is 220 g/mol. The van der Waals surface area contributed by atoms with E-state index in [0.717, 1.165) is 6.07 Å². The highest BCUT2D eigenvalue weighted by Gasteiger charge is 2.16. The van der Waals surface area contributed by atoms with Gasteiger partial charge in [-0.25, -0.2) is 0 Å². The molecule has 16 heavy (non-hydrogen) atoms. The Bertz CT molecular complexity index is 746. The summed E-state index contributed by atoms with van der Waals surface area (Å²) in [4.78, 5) is 57.7. The molecule has 0 aliphatic rings. The number of H-pyrrole nitrogens is 1. The van der Waals surface area contributed by atoms with Crippen molar-refractivity contribution >= 4 is 16.8 Å². The molecule has 0 spiro atoms. The second-order valence-electron chi connectivity index (χ2n) is 3.15. The topological polar surface area (TPSA) is 127 Å². The van der Waals surface area contributed by atoms with Crippen LogP contribution in [0.4, 0.5) is 0 Å². The number of benzene rings is 1. The summed E-state index contributed by atoms with van der Waals surface area (Å²) in [5, 5.41) is -0.289. The van der Waals surface area contributed by atoms with Crippen molar-refractivity contribution in [3.8, 4) is 0 Å². The van der Waals surface area contributed by atoms with E-state index in [0.29, 0.717) is 0 Å². The van der Waals surface area contributed by atoms with Crippen LogP contribution in [0.1, 0.15) is 10.5 Å². The van der Waals surface area contributed by atoms with E-state index in [1.165, 1.54) is 0 Å². The van der Waals surface area contributed by atoms with Gasteiger partial charge in [0.15, 0.2) is 0 Å². The first-order chi connectivity index (χ1) is 7.43. The fraction of sp³-hybridized carbons (Fsp3) is 0. The van der Waals surface area contributed by atoms with E-state index in [2.05, 4.69) is 4.98 Å². The first kappa shape index (κ1) is 9.97. The Balaban J connectivity index is 3.17. The summed E-state index contributed by atoms with van der Waals surface area (Å²) in [6, 6.07) is 0.988. The molecule has 0 bridgehead atoms. The van der Waals surface area contributed by atoms with E-state index in [9.17, 15) is 24.0 Å². The molecule has 0 saturated heterocycles. The maximum Gasteiger partial charge on any atom is 0.279 e. The van der Waals surface area contributed by atoms with Gasteiger partial charge in [-0.2, -0.15) is 0 Å². The third-order valence-electron chi connectivity index (χ3n) is 2.17. The second kappa shape index (κ2) is 2.96. The minimum atomic E-state index is -1.41. The van der Waals surface area contributed by atoms with Gasteiger partial charge in [-0.1, -0.05) is 0 Å². The molecular weight excluding hydrogens is 216 g/mol. The number of hydrogen-bond donors (Lipinski definition) is 2. The van der Waals surface area contributed by atoms with Gasteiger partial charge in [0, 0.05) is 0 Å². The lowest BCUT2D eigenvalue weighted by Crippen LogP contribution is -2.46. The number of nitrogens with two attached hydrogens (primary N) is 1. The molecule has 7 nitrogen and oxygen atoms in total. The van der Waals surface area contributed by atoms with E-state index in [1.54, 1.807) is 0 Å². The summed E-state index contributed by atoms with van der Waals surface area (Å²) >= 11 is 0. The Labute approximate surface area is 85.8 Å². The van der Waals surface area contributed by atoms with Gasteiger partial charge in [0.2, 0.25) is 5.43 Å². The minimum absolute atomic E-state index is 0.200. The number of aromatic nitrogens is 1. The molecule has 2 aromatic rings. The molecule has 1 heterocycles. The Kier molecular flexibility index (Phi) is 1.84. The predicted molar refractivity (Wildman–Crippen MR) is 54.3 cm³/mol. The van der Waals surface area contributed by atoms with Gasteiger partial charge in [0.25, 0.3) is 22.2 Å². The molecule has 0 aliphatic carbocycles. The van der Waals surface area contributed by atoms with Gasteiger partial charge in [0.1, 0.15) is 11.2 Å². The summed E-state index contributed by atoms with van der Waals surface area (Å²) in [5.41, 5.74) is -0.678. The number of rotatable bonds is 1. The van der Waals surface area contributed by atoms with Crippen LogP contribution in [0.25, 0.3) is 10.9 Å². The number of hydrogen-bond acceptors (Lipinski definition) is 5. The molecule has 0 atom stereocenters. The zero-order valence-electron chi connectivity index (χ0n) is 7.70. The van der Waals surface area contributed by atoms with Crippen LogP contribution in [0, 0.1) is 0 Å². The van der Waals surface area contributed by atoms with Crippen molar-refractivity contribution < 1.29 is 4.79 Å². The lowest BCUT2D eigenvalue weighted by molar-refractivity contribution is 0.0996. The molecule has 0 saturated carbocycles. The van der Waals surface area contributed by atoms with Crippen LogP contribution in [0.2, 0.25) is 0 Å². The summed E-state index contributed by atoms with van der Waals surface area (Å²) < 4.78 is 0. The van der Waals surface area contributed by atoms with Crippen molar-refractivity contribution in [1.82, 2.24) is 4.98 Å². The van der Waals surface area contributed by atoms with Crippen LogP contribution in [-0.2, 0) is 0 Å². The average molecular weight is 220 g/mol. The fourth-order valence-electron chi connectivity index (χ4n) is 1.39. The lowest BCUT2D eigenvalue weighted by atomic mass is 10.2. The standard InChI is InChI=1S/C9H4N2O5/c10-9(16)3-1-2-4(11-3)6(13)8(15)7(14)5(2)12/h1,11H,(H2,10,16). The Morgan fingerprint density at radius 1 is 1.00 bits per heavy atom. The summed E-state index contributed by atoms with van der Waals surface area (Å²) in [6.07, 6.45) is 0. The molecule has 1 amide bonds. The van der Waals surface area contributed by atoms with Crippen LogP contribution >= 0.6 is 0 Å². The number of primary amides is 1. The number of carbonyl (C=O) groups is 1. The van der Waals surface area contributed by atoms with Crippen molar-refractivity contribution in [1.29, 1.82) is 0 Å². The van der Waals surface area contributed by atoms with Crippen LogP contribution in [0.5, 0.6) is 0 Å². The fourth-order valence-corrected chi connectivity index (χ4v) is 1.39. The summed E-state index contributed by atoms with van der Waals surface area (Å²) in [6.45, 7) is 0. The third kappa shape index (κ3) is 1.11. The van der Waals surface area contributed by atoms with Gasteiger partial charge in [-0.05, 0) is 6.07 Å². The molecule has 0 unspecified atom stereocenters. The van der Waals surface area contributed by atoms with Crippen LogP contribution < -0.4 is 27.4 Å². The van der Waals surface area contributed by atoms with Gasteiger partial charge < -0.3 is 10.7 Å². The average Bonchev–Trinajstić information content (AvgIpc) is 2.68. The Morgan fingerprint density at radius 2 is 1.56 bits per heavy atom. The van der Waals surface area contributed by atoms with Crippen molar-refractivity contribution in [2.45, 2.75) is 0 Å². The Hall–Kier alpha value is -2.57. The molecule has 1 aromatic heterocycles.